The zero-order valence-corrected chi connectivity index (χ0v) is 12.5. The van der Waals surface area contributed by atoms with E-state index in [-0.39, 0.29) is 11.9 Å². The molecule has 1 unspecified atom stereocenters. The van der Waals surface area contributed by atoms with Crippen molar-refractivity contribution in [1.29, 1.82) is 0 Å². The lowest BCUT2D eigenvalue weighted by molar-refractivity contribution is -0.136. The molecule has 1 amide bonds. The SMILES string of the molecule is CC(C)NC(=O)C(C)(N)C1C2CC3CC(C2)CC1C3. The standard InChI is InChI=1S/C16H28N2O/c1-9(2)18-15(19)16(3,17)14-12-5-10-4-11(7-12)8-13(14)6-10/h9-14H,4-8,17H2,1-3H3,(H,18,19). The van der Waals surface area contributed by atoms with Crippen LogP contribution in [0.2, 0.25) is 0 Å². The maximum Gasteiger partial charge on any atom is 0.240 e. The first-order chi connectivity index (χ1) is 8.88. The van der Waals surface area contributed by atoms with Gasteiger partial charge in [0, 0.05) is 6.04 Å². The number of rotatable bonds is 3. The van der Waals surface area contributed by atoms with Gasteiger partial charge in [-0.25, -0.2) is 0 Å². The average Bonchev–Trinajstić information content (AvgIpc) is 2.25. The molecule has 0 aromatic carbocycles. The first-order valence-electron chi connectivity index (χ1n) is 7.97. The van der Waals surface area contributed by atoms with Crippen LogP contribution in [0, 0.1) is 29.6 Å². The van der Waals surface area contributed by atoms with Gasteiger partial charge < -0.3 is 11.1 Å². The summed E-state index contributed by atoms with van der Waals surface area (Å²) in [4.78, 5) is 12.5. The summed E-state index contributed by atoms with van der Waals surface area (Å²) in [6.45, 7) is 5.98. The molecule has 0 radical (unpaired) electrons. The summed E-state index contributed by atoms with van der Waals surface area (Å²) in [5.74, 6) is 3.72. The third-order valence-corrected chi connectivity index (χ3v) is 5.83. The van der Waals surface area contributed by atoms with Gasteiger partial charge in [-0.15, -0.1) is 0 Å². The molecule has 3 nitrogen and oxygen atoms in total. The summed E-state index contributed by atoms with van der Waals surface area (Å²) < 4.78 is 0. The van der Waals surface area contributed by atoms with E-state index in [0.717, 1.165) is 11.8 Å². The Morgan fingerprint density at radius 3 is 2.00 bits per heavy atom. The normalized spacial score (nSPS) is 43.3. The molecule has 4 aliphatic carbocycles. The van der Waals surface area contributed by atoms with E-state index in [2.05, 4.69) is 5.32 Å². The van der Waals surface area contributed by atoms with Crippen molar-refractivity contribution in [3.8, 4) is 0 Å². The highest BCUT2D eigenvalue weighted by molar-refractivity contribution is 5.86. The first kappa shape index (κ1) is 13.4. The van der Waals surface area contributed by atoms with Gasteiger partial charge in [-0.3, -0.25) is 4.79 Å². The van der Waals surface area contributed by atoms with E-state index in [9.17, 15) is 4.79 Å². The Bertz CT molecular complexity index is 347. The third kappa shape index (κ3) is 2.20. The zero-order valence-electron chi connectivity index (χ0n) is 12.5. The molecule has 1 atom stereocenters. The largest absolute Gasteiger partial charge is 0.352 e. The molecular weight excluding hydrogens is 236 g/mol. The van der Waals surface area contributed by atoms with Crippen LogP contribution in [0.25, 0.3) is 0 Å². The van der Waals surface area contributed by atoms with Gasteiger partial charge >= 0.3 is 0 Å². The molecule has 4 fully saturated rings. The topological polar surface area (TPSA) is 55.1 Å². The molecule has 0 saturated heterocycles. The second kappa shape index (κ2) is 4.47. The van der Waals surface area contributed by atoms with E-state index >= 15 is 0 Å². The maximum absolute atomic E-state index is 12.5. The van der Waals surface area contributed by atoms with Gasteiger partial charge in [-0.1, -0.05) is 0 Å². The average molecular weight is 264 g/mol. The Labute approximate surface area is 116 Å². The second-order valence-corrected chi connectivity index (χ2v) is 7.87. The molecular formula is C16H28N2O. The van der Waals surface area contributed by atoms with Crippen LogP contribution in [0.5, 0.6) is 0 Å². The summed E-state index contributed by atoms with van der Waals surface area (Å²) in [5, 5.41) is 3.03. The number of carbonyl (C=O) groups excluding carboxylic acids is 1. The number of hydrogen-bond acceptors (Lipinski definition) is 2. The van der Waals surface area contributed by atoms with Crippen LogP contribution in [0.4, 0.5) is 0 Å². The minimum atomic E-state index is -0.688. The van der Waals surface area contributed by atoms with E-state index < -0.39 is 5.54 Å². The van der Waals surface area contributed by atoms with Gasteiger partial charge in [-0.05, 0) is 82.5 Å². The molecule has 3 heteroatoms. The lowest BCUT2D eigenvalue weighted by atomic mass is 9.48. The third-order valence-electron chi connectivity index (χ3n) is 5.83. The molecule has 108 valence electrons. The van der Waals surface area contributed by atoms with Gasteiger partial charge in [0.1, 0.15) is 0 Å². The Morgan fingerprint density at radius 2 is 1.58 bits per heavy atom. The summed E-state index contributed by atoms with van der Waals surface area (Å²) in [6, 6.07) is 0.173. The summed E-state index contributed by atoms with van der Waals surface area (Å²) >= 11 is 0. The fourth-order valence-electron chi connectivity index (χ4n) is 5.47. The maximum atomic E-state index is 12.5. The number of nitrogens with one attached hydrogen (secondary N) is 1. The fourth-order valence-corrected chi connectivity index (χ4v) is 5.47. The predicted octanol–water partition coefficient (Wildman–Crippen LogP) is 2.30. The fraction of sp³-hybridized carbons (Fsp3) is 0.938. The van der Waals surface area contributed by atoms with Crippen molar-refractivity contribution in [3.63, 3.8) is 0 Å². The molecule has 0 heterocycles. The van der Waals surface area contributed by atoms with E-state index in [4.69, 9.17) is 5.73 Å². The van der Waals surface area contributed by atoms with Gasteiger partial charge in [0.15, 0.2) is 0 Å². The van der Waals surface area contributed by atoms with Crippen molar-refractivity contribution in [2.75, 3.05) is 0 Å². The number of carbonyl (C=O) groups is 1. The van der Waals surface area contributed by atoms with Gasteiger partial charge in [0.25, 0.3) is 0 Å². The minimum Gasteiger partial charge on any atom is -0.352 e. The zero-order chi connectivity index (χ0) is 13.8. The van der Waals surface area contributed by atoms with E-state index in [1.807, 2.05) is 20.8 Å². The Morgan fingerprint density at radius 1 is 1.11 bits per heavy atom. The van der Waals surface area contributed by atoms with E-state index in [1.165, 1.54) is 32.1 Å². The Balaban J connectivity index is 1.79. The highest BCUT2D eigenvalue weighted by Crippen LogP contribution is 2.58. The van der Waals surface area contributed by atoms with Crippen LogP contribution in [-0.4, -0.2) is 17.5 Å². The molecule has 19 heavy (non-hydrogen) atoms. The van der Waals surface area contributed by atoms with E-state index in [1.54, 1.807) is 0 Å². The van der Waals surface area contributed by atoms with Crippen LogP contribution in [0.15, 0.2) is 0 Å². The van der Waals surface area contributed by atoms with Crippen LogP contribution < -0.4 is 11.1 Å². The molecule has 4 rings (SSSR count). The highest BCUT2D eigenvalue weighted by Gasteiger charge is 2.55. The monoisotopic (exact) mass is 264 g/mol. The van der Waals surface area contributed by atoms with Crippen molar-refractivity contribution < 1.29 is 4.79 Å². The minimum absolute atomic E-state index is 0.0555. The second-order valence-electron chi connectivity index (χ2n) is 7.87. The van der Waals surface area contributed by atoms with Crippen LogP contribution >= 0.6 is 0 Å². The van der Waals surface area contributed by atoms with Crippen LogP contribution in [0.1, 0.15) is 52.9 Å². The van der Waals surface area contributed by atoms with E-state index in [0.29, 0.717) is 17.8 Å². The summed E-state index contributed by atoms with van der Waals surface area (Å²) in [7, 11) is 0. The number of amides is 1. The van der Waals surface area contributed by atoms with Crippen LogP contribution in [-0.2, 0) is 4.79 Å². The first-order valence-corrected chi connectivity index (χ1v) is 7.97. The highest BCUT2D eigenvalue weighted by atomic mass is 16.2. The summed E-state index contributed by atoms with van der Waals surface area (Å²) in [6.07, 6.45) is 6.72. The number of hydrogen-bond donors (Lipinski definition) is 2. The Kier molecular flexibility index (Phi) is 3.16. The van der Waals surface area contributed by atoms with Crippen LogP contribution in [0.3, 0.4) is 0 Å². The molecule has 0 aliphatic heterocycles. The number of nitrogens with two attached hydrogens (primary N) is 1. The lowest BCUT2D eigenvalue weighted by Gasteiger charge is -2.58. The lowest BCUT2D eigenvalue weighted by Crippen LogP contribution is -2.64. The molecule has 3 N–H and O–H groups in total. The quantitative estimate of drug-likeness (QED) is 0.822. The van der Waals surface area contributed by atoms with Crippen molar-refractivity contribution in [1.82, 2.24) is 5.32 Å². The molecule has 4 bridgehead atoms. The molecule has 4 aliphatic rings. The summed E-state index contributed by atoms with van der Waals surface area (Å²) in [5.41, 5.74) is 5.83. The van der Waals surface area contributed by atoms with Crippen molar-refractivity contribution in [2.24, 2.45) is 35.3 Å². The molecule has 0 aromatic heterocycles. The van der Waals surface area contributed by atoms with Gasteiger partial charge in [0.2, 0.25) is 5.91 Å². The van der Waals surface area contributed by atoms with Crippen molar-refractivity contribution >= 4 is 5.91 Å². The molecule has 0 aromatic rings. The van der Waals surface area contributed by atoms with Crippen molar-refractivity contribution in [3.05, 3.63) is 0 Å². The molecule has 4 saturated carbocycles. The smallest absolute Gasteiger partial charge is 0.240 e. The molecule has 0 spiro atoms. The van der Waals surface area contributed by atoms with Crippen molar-refractivity contribution in [2.45, 2.75) is 64.5 Å². The Hall–Kier alpha value is -0.570. The van der Waals surface area contributed by atoms with Gasteiger partial charge in [0.05, 0.1) is 5.54 Å². The van der Waals surface area contributed by atoms with Gasteiger partial charge in [-0.2, -0.15) is 0 Å². The predicted molar refractivity (Wildman–Crippen MR) is 76.4 cm³/mol.